The summed E-state index contributed by atoms with van der Waals surface area (Å²) in [5.41, 5.74) is 3.78. The van der Waals surface area contributed by atoms with Crippen LogP contribution in [0.5, 0.6) is 0 Å². The molecular formula is C28H30O4P2. The second-order valence-electron chi connectivity index (χ2n) is 10.4. The summed E-state index contributed by atoms with van der Waals surface area (Å²) in [4.78, 5) is 0. The van der Waals surface area contributed by atoms with Crippen LogP contribution in [0.25, 0.3) is 24.3 Å². The van der Waals surface area contributed by atoms with E-state index in [-0.39, 0.29) is 10.3 Å². The van der Waals surface area contributed by atoms with Gasteiger partial charge in [-0.1, -0.05) is 41.5 Å². The minimum absolute atomic E-state index is 0.0240. The van der Waals surface area contributed by atoms with Gasteiger partial charge >= 0.3 is 0 Å². The molecule has 0 amide bonds. The molecular weight excluding hydrogens is 462 g/mol. The Bertz CT molecular complexity index is 1150. The third-order valence-corrected chi connectivity index (χ3v) is 10.9. The molecule has 34 heavy (non-hydrogen) atoms. The average Bonchev–Trinajstić information content (AvgIpc) is 3.52. The van der Waals surface area contributed by atoms with Crippen molar-refractivity contribution in [1.82, 2.24) is 0 Å². The van der Waals surface area contributed by atoms with E-state index in [1.165, 1.54) is 0 Å². The zero-order chi connectivity index (χ0) is 24.1. The maximum atomic E-state index is 6.29. The predicted molar refractivity (Wildman–Crippen MR) is 145 cm³/mol. The van der Waals surface area contributed by atoms with Gasteiger partial charge in [-0.25, -0.2) is 0 Å². The van der Waals surface area contributed by atoms with E-state index in [4.69, 9.17) is 17.7 Å². The summed E-state index contributed by atoms with van der Waals surface area (Å²) in [7, 11) is -1.64. The van der Waals surface area contributed by atoms with Crippen molar-refractivity contribution in [3.05, 3.63) is 71.6 Å². The molecule has 1 aliphatic heterocycles. The number of fused-ring (bicyclic) bond motifs is 8. The molecule has 0 saturated heterocycles. The summed E-state index contributed by atoms with van der Waals surface area (Å²) >= 11 is 0. The smallest absolute Gasteiger partial charge is 0.134 e. The number of hydrogen-bond donors (Lipinski definition) is 0. The van der Waals surface area contributed by atoms with E-state index in [9.17, 15) is 0 Å². The lowest BCUT2D eigenvalue weighted by molar-refractivity contribution is 0.572. The molecule has 0 aromatic carbocycles. The summed E-state index contributed by atoms with van der Waals surface area (Å²) in [5.74, 6) is 3.19. The molecule has 0 radical (unpaired) electrons. The van der Waals surface area contributed by atoms with Crippen LogP contribution in [0.4, 0.5) is 0 Å². The summed E-state index contributed by atoms with van der Waals surface area (Å²) < 4.78 is 25.2. The van der Waals surface area contributed by atoms with E-state index in [2.05, 4.69) is 65.8 Å². The lowest BCUT2D eigenvalue weighted by atomic mass is 10.3. The van der Waals surface area contributed by atoms with Crippen molar-refractivity contribution in [1.29, 1.82) is 0 Å². The fourth-order valence-corrected chi connectivity index (χ4v) is 8.84. The highest BCUT2D eigenvalue weighted by Gasteiger charge is 2.34. The highest BCUT2D eigenvalue weighted by atomic mass is 31.1. The van der Waals surface area contributed by atoms with Crippen LogP contribution >= 0.6 is 15.8 Å². The van der Waals surface area contributed by atoms with Crippen molar-refractivity contribution < 1.29 is 17.7 Å². The molecule has 6 heteroatoms. The molecule has 4 aromatic heterocycles. The van der Waals surface area contributed by atoms with Crippen LogP contribution in [0.15, 0.2) is 66.2 Å². The van der Waals surface area contributed by atoms with Gasteiger partial charge in [0, 0.05) is 15.8 Å². The van der Waals surface area contributed by atoms with Crippen LogP contribution < -0.4 is 22.0 Å². The van der Waals surface area contributed by atoms with Gasteiger partial charge in [-0.05, 0) is 83.1 Å². The second-order valence-corrected chi connectivity index (χ2v) is 16.2. The first-order valence-electron chi connectivity index (χ1n) is 11.4. The molecule has 5 heterocycles. The van der Waals surface area contributed by atoms with Crippen LogP contribution in [0, 0.1) is 0 Å². The Kier molecular flexibility index (Phi) is 5.87. The molecule has 5 rings (SSSR count). The van der Waals surface area contributed by atoms with E-state index >= 15 is 0 Å². The second kappa shape index (κ2) is 8.59. The Labute approximate surface area is 203 Å². The van der Waals surface area contributed by atoms with Gasteiger partial charge in [-0.15, -0.1) is 0 Å². The van der Waals surface area contributed by atoms with Crippen molar-refractivity contribution in [2.75, 3.05) is 0 Å². The SMILES string of the molecule is CC(C)(C)P1c2ccc(o2)/C=C/c2ccc(o2)P(C(C)(C)C)c2ccc(o2)/C=C/c2ccc1o2. The van der Waals surface area contributed by atoms with E-state index in [0.29, 0.717) is 0 Å². The topological polar surface area (TPSA) is 52.6 Å². The Hall–Kier alpha value is -2.54. The molecule has 176 valence electrons. The van der Waals surface area contributed by atoms with Gasteiger partial charge in [-0.3, -0.25) is 0 Å². The van der Waals surface area contributed by atoms with Crippen molar-refractivity contribution in [3.8, 4) is 0 Å². The van der Waals surface area contributed by atoms with Gasteiger partial charge in [-0.2, -0.15) is 0 Å². The van der Waals surface area contributed by atoms with Crippen LogP contribution in [-0.4, -0.2) is 10.3 Å². The largest absolute Gasteiger partial charge is 0.457 e. The van der Waals surface area contributed by atoms with Gasteiger partial charge in [0.25, 0.3) is 0 Å². The fourth-order valence-electron chi connectivity index (χ4n) is 4.08. The summed E-state index contributed by atoms with van der Waals surface area (Å²) in [6.45, 7) is 13.4. The van der Waals surface area contributed by atoms with Crippen molar-refractivity contribution in [3.63, 3.8) is 0 Å². The van der Waals surface area contributed by atoms with Gasteiger partial charge in [0.1, 0.15) is 45.0 Å². The van der Waals surface area contributed by atoms with Gasteiger partial charge in [0.15, 0.2) is 0 Å². The number of rotatable bonds is 0. The molecule has 4 aromatic rings. The van der Waals surface area contributed by atoms with Gasteiger partial charge < -0.3 is 17.7 Å². The monoisotopic (exact) mass is 492 g/mol. The summed E-state index contributed by atoms with van der Waals surface area (Å²) in [6, 6.07) is 16.3. The highest BCUT2D eigenvalue weighted by Crippen LogP contribution is 2.49. The summed E-state index contributed by atoms with van der Waals surface area (Å²) in [5, 5.41) is -0.0480. The van der Waals surface area contributed by atoms with Crippen molar-refractivity contribution in [2.24, 2.45) is 0 Å². The van der Waals surface area contributed by atoms with E-state index in [1.807, 2.05) is 48.6 Å². The first-order valence-corrected chi connectivity index (χ1v) is 14.1. The normalized spacial score (nSPS) is 20.5. The van der Waals surface area contributed by atoms with Crippen molar-refractivity contribution in [2.45, 2.75) is 51.9 Å². The molecule has 0 fully saturated rings. The maximum Gasteiger partial charge on any atom is 0.134 e. The third kappa shape index (κ3) is 4.67. The van der Waals surface area contributed by atoms with E-state index < -0.39 is 15.8 Å². The first-order chi connectivity index (χ1) is 16.1. The molecule has 0 unspecified atom stereocenters. The van der Waals surface area contributed by atoms with E-state index in [0.717, 1.165) is 45.0 Å². The molecule has 0 saturated carbocycles. The number of furan rings is 4. The molecule has 0 atom stereocenters. The number of hydrogen-bond acceptors (Lipinski definition) is 4. The Balaban J connectivity index is 1.64. The van der Waals surface area contributed by atoms with Crippen molar-refractivity contribution >= 4 is 62.2 Å². The van der Waals surface area contributed by atoms with E-state index in [1.54, 1.807) is 0 Å². The van der Waals surface area contributed by atoms with Gasteiger partial charge in [0.05, 0.1) is 0 Å². The maximum absolute atomic E-state index is 6.29. The first kappa shape index (κ1) is 23.2. The van der Waals surface area contributed by atoms with Crippen LogP contribution in [-0.2, 0) is 0 Å². The Morgan fingerprint density at radius 3 is 0.853 bits per heavy atom. The molecule has 1 aliphatic rings. The van der Waals surface area contributed by atoms with Gasteiger partial charge in [0.2, 0.25) is 0 Å². The molecule has 4 nitrogen and oxygen atoms in total. The summed E-state index contributed by atoms with van der Waals surface area (Å²) in [6.07, 6.45) is 7.86. The standard InChI is InChI=1S/C28H30O4P2/c1-27(2,3)33-23-15-11-19(29-23)7-9-21-13-17-25(31-21)34(28(4,5)6)26-18-14-22(32-26)10-8-20-12-16-24(33)30-20/h7-18H,1-6H3/b9-7+,10-8+. The van der Waals surface area contributed by atoms with Crippen LogP contribution in [0.3, 0.4) is 0 Å². The Morgan fingerprint density at radius 2 is 0.647 bits per heavy atom. The quantitative estimate of drug-likeness (QED) is 0.244. The minimum Gasteiger partial charge on any atom is -0.457 e. The lowest BCUT2D eigenvalue weighted by Crippen LogP contribution is -2.25. The molecule has 8 bridgehead atoms. The predicted octanol–water partition coefficient (Wildman–Crippen LogP) is 7.18. The molecule has 0 N–H and O–H groups in total. The van der Waals surface area contributed by atoms with Crippen LogP contribution in [0.1, 0.15) is 64.6 Å². The highest BCUT2D eigenvalue weighted by molar-refractivity contribution is 7.74. The average molecular weight is 492 g/mol. The zero-order valence-corrected chi connectivity index (χ0v) is 22.2. The lowest BCUT2D eigenvalue weighted by Gasteiger charge is -2.27. The Morgan fingerprint density at radius 1 is 0.412 bits per heavy atom. The molecule has 0 spiro atoms. The minimum atomic E-state index is -0.822. The fraction of sp³-hybridized carbons (Fsp3) is 0.286. The van der Waals surface area contributed by atoms with Crippen LogP contribution in [0.2, 0.25) is 0 Å². The third-order valence-electron chi connectivity index (χ3n) is 5.50. The zero-order valence-electron chi connectivity index (χ0n) is 20.5. The molecule has 0 aliphatic carbocycles.